The van der Waals surface area contributed by atoms with Crippen LogP contribution in [0.4, 0.5) is 5.95 Å². The number of hydrogen-bond acceptors (Lipinski definition) is 4. The van der Waals surface area contributed by atoms with E-state index in [0.29, 0.717) is 11.0 Å². The molecule has 0 amide bonds. The minimum absolute atomic E-state index is 0.661. The van der Waals surface area contributed by atoms with Crippen molar-refractivity contribution in [2.45, 2.75) is 12.8 Å². The van der Waals surface area contributed by atoms with Gasteiger partial charge in [0.2, 0.25) is 5.95 Å². The molecular formula is C11H15ClN4S. The number of halogens is 1. The van der Waals surface area contributed by atoms with Crippen molar-refractivity contribution in [3.8, 4) is 0 Å². The van der Waals surface area contributed by atoms with Gasteiger partial charge in [0, 0.05) is 12.7 Å². The summed E-state index contributed by atoms with van der Waals surface area (Å²) < 4.78 is 1.69. The SMILES string of the molecule is CSCCCCNc1nc2ccc(Cl)cn2n1. The molecule has 2 aromatic rings. The summed E-state index contributed by atoms with van der Waals surface area (Å²) in [7, 11) is 0. The van der Waals surface area contributed by atoms with Crippen molar-refractivity contribution >= 4 is 35.0 Å². The quantitative estimate of drug-likeness (QED) is 0.820. The van der Waals surface area contributed by atoms with Crippen LogP contribution in [0, 0.1) is 0 Å². The first kappa shape index (κ1) is 12.5. The van der Waals surface area contributed by atoms with E-state index < -0.39 is 0 Å². The molecule has 0 aliphatic heterocycles. The molecule has 0 saturated carbocycles. The summed E-state index contributed by atoms with van der Waals surface area (Å²) in [6, 6.07) is 3.67. The zero-order valence-electron chi connectivity index (χ0n) is 9.69. The van der Waals surface area contributed by atoms with E-state index in [1.807, 2.05) is 23.9 Å². The zero-order chi connectivity index (χ0) is 12.1. The molecule has 17 heavy (non-hydrogen) atoms. The van der Waals surface area contributed by atoms with Crippen LogP contribution >= 0.6 is 23.4 Å². The molecule has 0 atom stereocenters. The van der Waals surface area contributed by atoms with Crippen molar-refractivity contribution in [3.05, 3.63) is 23.4 Å². The van der Waals surface area contributed by atoms with Crippen LogP contribution in [-0.2, 0) is 0 Å². The van der Waals surface area contributed by atoms with Crippen LogP contribution in [0.15, 0.2) is 18.3 Å². The molecule has 6 heteroatoms. The van der Waals surface area contributed by atoms with Gasteiger partial charge in [-0.3, -0.25) is 0 Å². The van der Waals surface area contributed by atoms with E-state index in [1.165, 1.54) is 12.2 Å². The molecule has 2 rings (SSSR count). The minimum Gasteiger partial charge on any atom is -0.353 e. The van der Waals surface area contributed by atoms with Crippen molar-refractivity contribution in [1.82, 2.24) is 14.6 Å². The highest BCUT2D eigenvalue weighted by Gasteiger charge is 2.02. The molecule has 0 fully saturated rings. The summed E-state index contributed by atoms with van der Waals surface area (Å²) >= 11 is 7.75. The van der Waals surface area contributed by atoms with Gasteiger partial charge in [0.15, 0.2) is 5.65 Å². The second-order valence-electron chi connectivity index (χ2n) is 3.71. The Labute approximate surface area is 110 Å². The predicted octanol–water partition coefficient (Wildman–Crippen LogP) is 2.94. The van der Waals surface area contributed by atoms with E-state index in [0.717, 1.165) is 18.6 Å². The van der Waals surface area contributed by atoms with E-state index in [2.05, 4.69) is 21.7 Å². The van der Waals surface area contributed by atoms with Crippen molar-refractivity contribution in [3.63, 3.8) is 0 Å². The highest BCUT2D eigenvalue weighted by molar-refractivity contribution is 7.98. The first-order chi connectivity index (χ1) is 8.29. The minimum atomic E-state index is 0.661. The maximum Gasteiger partial charge on any atom is 0.243 e. The summed E-state index contributed by atoms with van der Waals surface area (Å²) in [5.41, 5.74) is 0.806. The Morgan fingerprint density at radius 2 is 2.29 bits per heavy atom. The molecule has 0 aliphatic rings. The largest absolute Gasteiger partial charge is 0.353 e. The number of fused-ring (bicyclic) bond motifs is 1. The maximum absolute atomic E-state index is 5.88. The standard InChI is InChI=1S/C11H15ClN4S/c1-17-7-3-2-6-13-11-14-10-5-4-9(12)8-16(10)15-11/h4-5,8H,2-3,6-7H2,1H3,(H,13,15). The Morgan fingerprint density at radius 3 is 3.12 bits per heavy atom. The lowest BCUT2D eigenvalue weighted by Gasteiger charge is -1.99. The molecule has 2 aromatic heterocycles. The second kappa shape index (κ2) is 6.12. The lowest BCUT2D eigenvalue weighted by molar-refractivity contribution is 0.832. The van der Waals surface area contributed by atoms with E-state index in [9.17, 15) is 0 Å². The normalized spacial score (nSPS) is 10.9. The zero-order valence-corrected chi connectivity index (χ0v) is 11.3. The van der Waals surface area contributed by atoms with Gasteiger partial charge >= 0.3 is 0 Å². The van der Waals surface area contributed by atoms with Gasteiger partial charge in [-0.1, -0.05) is 11.6 Å². The van der Waals surface area contributed by atoms with Gasteiger partial charge in [0.05, 0.1) is 5.02 Å². The summed E-state index contributed by atoms with van der Waals surface area (Å²) in [4.78, 5) is 4.35. The van der Waals surface area contributed by atoms with Gasteiger partial charge in [-0.05, 0) is 37.0 Å². The van der Waals surface area contributed by atoms with Crippen molar-refractivity contribution < 1.29 is 0 Å². The molecule has 2 heterocycles. The molecule has 0 aliphatic carbocycles. The van der Waals surface area contributed by atoms with Crippen LogP contribution in [0.3, 0.4) is 0 Å². The molecule has 92 valence electrons. The summed E-state index contributed by atoms with van der Waals surface area (Å²) in [5, 5.41) is 8.17. The Hall–Kier alpha value is -0.940. The summed E-state index contributed by atoms with van der Waals surface area (Å²) in [6.07, 6.45) is 6.23. The lowest BCUT2D eigenvalue weighted by atomic mass is 10.3. The molecule has 0 aromatic carbocycles. The lowest BCUT2D eigenvalue weighted by Crippen LogP contribution is -2.03. The van der Waals surface area contributed by atoms with Crippen LogP contribution in [-0.4, -0.2) is 33.2 Å². The summed E-state index contributed by atoms with van der Waals surface area (Å²) in [5.74, 6) is 1.87. The number of thioether (sulfide) groups is 1. The van der Waals surface area contributed by atoms with Gasteiger partial charge in [0.1, 0.15) is 0 Å². The van der Waals surface area contributed by atoms with Crippen LogP contribution < -0.4 is 5.32 Å². The summed E-state index contributed by atoms with van der Waals surface area (Å²) in [6.45, 7) is 0.908. The third-order valence-corrected chi connectivity index (χ3v) is 3.27. The van der Waals surface area contributed by atoms with Crippen LogP contribution in [0.5, 0.6) is 0 Å². The number of unbranched alkanes of at least 4 members (excludes halogenated alkanes) is 1. The number of anilines is 1. The van der Waals surface area contributed by atoms with E-state index in [4.69, 9.17) is 11.6 Å². The second-order valence-corrected chi connectivity index (χ2v) is 5.13. The third-order valence-electron chi connectivity index (χ3n) is 2.35. The average molecular weight is 271 g/mol. The molecule has 0 bridgehead atoms. The topological polar surface area (TPSA) is 42.2 Å². The van der Waals surface area contributed by atoms with Crippen molar-refractivity contribution in [2.24, 2.45) is 0 Å². The smallest absolute Gasteiger partial charge is 0.243 e. The fourth-order valence-corrected chi connectivity index (χ4v) is 2.15. The van der Waals surface area contributed by atoms with Crippen LogP contribution in [0.1, 0.15) is 12.8 Å². The Bertz CT molecular complexity index is 485. The highest BCUT2D eigenvalue weighted by atomic mass is 35.5. The van der Waals surface area contributed by atoms with Gasteiger partial charge in [0.25, 0.3) is 0 Å². The molecular weight excluding hydrogens is 256 g/mol. The molecule has 0 saturated heterocycles. The van der Waals surface area contributed by atoms with E-state index in [-0.39, 0.29) is 0 Å². The molecule has 4 nitrogen and oxygen atoms in total. The van der Waals surface area contributed by atoms with E-state index >= 15 is 0 Å². The Balaban J connectivity index is 1.91. The highest BCUT2D eigenvalue weighted by Crippen LogP contribution is 2.11. The Morgan fingerprint density at radius 1 is 1.41 bits per heavy atom. The first-order valence-corrected chi connectivity index (χ1v) is 7.31. The molecule has 0 spiro atoms. The van der Waals surface area contributed by atoms with Gasteiger partial charge in [-0.25, -0.2) is 4.52 Å². The number of rotatable bonds is 6. The fourth-order valence-electron chi connectivity index (χ4n) is 1.50. The molecule has 0 radical (unpaired) electrons. The molecule has 1 N–H and O–H groups in total. The monoisotopic (exact) mass is 270 g/mol. The maximum atomic E-state index is 5.88. The average Bonchev–Trinajstić information content (AvgIpc) is 2.70. The van der Waals surface area contributed by atoms with Crippen molar-refractivity contribution in [1.29, 1.82) is 0 Å². The van der Waals surface area contributed by atoms with E-state index in [1.54, 1.807) is 10.7 Å². The van der Waals surface area contributed by atoms with Crippen LogP contribution in [0.25, 0.3) is 5.65 Å². The first-order valence-electron chi connectivity index (χ1n) is 5.54. The van der Waals surface area contributed by atoms with Gasteiger partial charge < -0.3 is 5.32 Å². The fraction of sp³-hybridized carbons (Fsp3) is 0.455. The molecule has 0 unspecified atom stereocenters. The van der Waals surface area contributed by atoms with Gasteiger partial charge in [-0.2, -0.15) is 16.7 Å². The number of aromatic nitrogens is 3. The number of nitrogens with one attached hydrogen (secondary N) is 1. The third kappa shape index (κ3) is 3.51. The number of nitrogens with zero attached hydrogens (tertiary/aromatic N) is 3. The Kier molecular flexibility index (Phi) is 4.50. The van der Waals surface area contributed by atoms with Crippen LogP contribution in [0.2, 0.25) is 5.02 Å². The van der Waals surface area contributed by atoms with Gasteiger partial charge in [-0.15, -0.1) is 5.10 Å². The number of hydrogen-bond donors (Lipinski definition) is 1. The number of pyridine rings is 1. The van der Waals surface area contributed by atoms with Crippen molar-refractivity contribution in [2.75, 3.05) is 23.9 Å². The predicted molar refractivity (Wildman–Crippen MR) is 74.1 cm³/mol.